The highest BCUT2D eigenvalue weighted by Gasteiger charge is 2.07. The van der Waals surface area contributed by atoms with E-state index in [4.69, 9.17) is 10.3 Å². The number of nitrogens with two attached hydrogens (primary N) is 1. The number of primary amides is 1. The number of amides is 1. The van der Waals surface area contributed by atoms with E-state index in [2.05, 4.69) is 9.97 Å². The summed E-state index contributed by atoms with van der Waals surface area (Å²) in [6.45, 7) is 1.84. The number of hydrogen-bond acceptors (Lipinski definition) is 4. The van der Waals surface area contributed by atoms with Crippen molar-refractivity contribution in [1.82, 2.24) is 9.97 Å². The second-order valence-electron chi connectivity index (χ2n) is 4.76. The molecule has 8 heteroatoms. The number of hydrogen-bond donors (Lipinski definition) is 3. The summed E-state index contributed by atoms with van der Waals surface area (Å²) in [5.41, 5.74) is 8.01. The molecule has 0 radical (unpaired) electrons. The smallest absolute Gasteiger partial charge is 0.294 e. The van der Waals surface area contributed by atoms with Crippen molar-refractivity contribution < 1.29 is 17.8 Å². The van der Waals surface area contributed by atoms with Gasteiger partial charge >= 0.3 is 0 Å². The summed E-state index contributed by atoms with van der Waals surface area (Å²) in [6, 6.07) is 11.3. The molecule has 4 N–H and O–H groups in total. The summed E-state index contributed by atoms with van der Waals surface area (Å²) < 4.78 is 29.6. The van der Waals surface area contributed by atoms with Gasteiger partial charge in [-0.25, -0.2) is 4.98 Å². The van der Waals surface area contributed by atoms with Crippen molar-refractivity contribution in [2.45, 2.75) is 11.8 Å². The highest BCUT2D eigenvalue weighted by molar-refractivity contribution is 7.85. The minimum Gasteiger partial charge on any atom is -0.366 e. The predicted molar refractivity (Wildman–Crippen MR) is 85.6 cm³/mol. The van der Waals surface area contributed by atoms with Crippen LogP contribution in [0.3, 0.4) is 0 Å². The third-order valence-corrected chi connectivity index (χ3v) is 3.90. The van der Waals surface area contributed by atoms with Gasteiger partial charge in [-0.05, 0) is 31.2 Å². The van der Waals surface area contributed by atoms with Crippen LogP contribution in [0, 0.1) is 6.92 Å². The Morgan fingerprint density at radius 2 is 1.83 bits per heavy atom. The van der Waals surface area contributed by atoms with Crippen molar-refractivity contribution >= 4 is 27.1 Å². The number of nitrogens with zero attached hydrogens (tertiary/aromatic N) is 1. The molecule has 2 aromatic carbocycles. The Labute approximate surface area is 132 Å². The lowest BCUT2D eigenvalue weighted by Crippen LogP contribution is -2.11. The SMILES string of the molecule is Cc1ccc(S(=O)(=O)O)cc1.NC(=O)c1cccc2[nH]cnc12. The number of rotatable bonds is 2. The van der Waals surface area contributed by atoms with Gasteiger partial charge in [-0.2, -0.15) is 8.42 Å². The molecule has 7 nitrogen and oxygen atoms in total. The molecule has 0 unspecified atom stereocenters. The number of aryl methyl sites for hydroxylation is 1. The van der Waals surface area contributed by atoms with Gasteiger partial charge in [0, 0.05) is 0 Å². The molecular weight excluding hydrogens is 318 g/mol. The zero-order valence-corrected chi connectivity index (χ0v) is 13.0. The fraction of sp³-hybridized carbons (Fsp3) is 0.0667. The van der Waals surface area contributed by atoms with Gasteiger partial charge in [-0.1, -0.05) is 23.8 Å². The lowest BCUT2D eigenvalue weighted by Gasteiger charge is -1.95. The number of fused-ring (bicyclic) bond motifs is 1. The third-order valence-electron chi connectivity index (χ3n) is 3.03. The van der Waals surface area contributed by atoms with Crippen LogP contribution in [-0.4, -0.2) is 28.8 Å². The van der Waals surface area contributed by atoms with Gasteiger partial charge in [0.05, 0.1) is 22.3 Å². The maximum Gasteiger partial charge on any atom is 0.294 e. The summed E-state index contributed by atoms with van der Waals surface area (Å²) >= 11 is 0. The number of aromatic amines is 1. The van der Waals surface area contributed by atoms with Crippen LogP contribution in [0.2, 0.25) is 0 Å². The molecule has 3 aromatic rings. The molecule has 23 heavy (non-hydrogen) atoms. The molecule has 3 rings (SSSR count). The van der Waals surface area contributed by atoms with Crippen molar-refractivity contribution in [1.29, 1.82) is 0 Å². The van der Waals surface area contributed by atoms with Crippen LogP contribution in [0.25, 0.3) is 11.0 Å². The maximum absolute atomic E-state index is 10.9. The van der Waals surface area contributed by atoms with Crippen molar-refractivity contribution in [2.24, 2.45) is 5.73 Å². The van der Waals surface area contributed by atoms with E-state index in [1.165, 1.54) is 18.5 Å². The maximum atomic E-state index is 10.9. The quantitative estimate of drug-likeness (QED) is 0.617. The van der Waals surface area contributed by atoms with E-state index in [-0.39, 0.29) is 4.90 Å². The molecule has 0 aliphatic heterocycles. The van der Waals surface area contributed by atoms with Gasteiger partial charge in [0.2, 0.25) is 0 Å². The van der Waals surface area contributed by atoms with Gasteiger partial charge in [0.1, 0.15) is 5.52 Å². The summed E-state index contributed by atoms with van der Waals surface area (Å²) in [7, 11) is -4.02. The number of para-hydroxylation sites is 1. The van der Waals surface area contributed by atoms with Crippen LogP contribution in [0.15, 0.2) is 53.7 Å². The molecule has 1 aromatic heterocycles. The highest BCUT2D eigenvalue weighted by Crippen LogP contribution is 2.13. The van der Waals surface area contributed by atoms with Crippen molar-refractivity contribution in [3.05, 3.63) is 59.9 Å². The topological polar surface area (TPSA) is 126 Å². The van der Waals surface area contributed by atoms with Gasteiger partial charge < -0.3 is 10.7 Å². The fourth-order valence-corrected chi connectivity index (χ4v) is 2.35. The summed E-state index contributed by atoms with van der Waals surface area (Å²) in [4.78, 5) is 17.7. The van der Waals surface area contributed by atoms with Crippen molar-refractivity contribution in [2.75, 3.05) is 0 Å². The average Bonchev–Trinajstić information content (AvgIpc) is 2.95. The first kappa shape index (κ1) is 16.7. The van der Waals surface area contributed by atoms with Gasteiger partial charge in [0.15, 0.2) is 0 Å². The van der Waals surface area contributed by atoms with Crippen LogP contribution >= 0.6 is 0 Å². The molecule has 120 valence electrons. The standard InChI is InChI=1S/C8H7N3O.C7H8O3S/c9-8(12)5-2-1-3-6-7(5)11-4-10-6;1-6-2-4-7(5-3-6)11(8,9)10/h1-4H,(H2,9,12)(H,10,11);2-5H,1H3,(H,8,9,10). The Morgan fingerprint density at radius 3 is 2.39 bits per heavy atom. The Morgan fingerprint density at radius 1 is 1.17 bits per heavy atom. The monoisotopic (exact) mass is 333 g/mol. The number of benzene rings is 2. The fourth-order valence-electron chi connectivity index (χ4n) is 1.87. The normalized spacial score (nSPS) is 10.9. The second-order valence-corrected chi connectivity index (χ2v) is 6.18. The molecule has 0 fully saturated rings. The van der Waals surface area contributed by atoms with Crippen molar-refractivity contribution in [3.8, 4) is 0 Å². The van der Waals surface area contributed by atoms with E-state index in [9.17, 15) is 13.2 Å². The number of H-pyrrole nitrogens is 1. The first-order chi connectivity index (χ1) is 10.8. The zero-order chi connectivity index (χ0) is 17.0. The molecule has 0 saturated carbocycles. The summed E-state index contributed by atoms with van der Waals surface area (Å²) in [5.74, 6) is -0.451. The van der Waals surface area contributed by atoms with E-state index in [0.29, 0.717) is 11.1 Å². The first-order valence-corrected chi connectivity index (χ1v) is 7.99. The zero-order valence-electron chi connectivity index (χ0n) is 12.2. The van der Waals surface area contributed by atoms with E-state index in [1.54, 1.807) is 24.3 Å². The van der Waals surface area contributed by atoms with Gasteiger partial charge in [-0.15, -0.1) is 0 Å². The second kappa shape index (κ2) is 6.59. The van der Waals surface area contributed by atoms with Crippen LogP contribution in [0.1, 0.15) is 15.9 Å². The van der Waals surface area contributed by atoms with Gasteiger partial charge in [0.25, 0.3) is 16.0 Å². The van der Waals surface area contributed by atoms with Crippen LogP contribution in [0.5, 0.6) is 0 Å². The molecule has 0 atom stereocenters. The number of imidazole rings is 1. The summed E-state index contributed by atoms with van der Waals surface area (Å²) in [5, 5.41) is 0. The Balaban J connectivity index is 0.000000168. The highest BCUT2D eigenvalue weighted by atomic mass is 32.2. The van der Waals surface area contributed by atoms with E-state index < -0.39 is 16.0 Å². The lowest BCUT2D eigenvalue weighted by atomic mass is 10.2. The number of nitrogens with one attached hydrogen (secondary N) is 1. The third kappa shape index (κ3) is 4.15. The van der Waals surface area contributed by atoms with Crippen LogP contribution < -0.4 is 5.73 Å². The molecule has 0 aliphatic rings. The molecule has 0 saturated heterocycles. The van der Waals surface area contributed by atoms with Crippen LogP contribution in [-0.2, 0) is 10.1 Å². The first-order valence-electron chi connectivity index (χ1n) is 6.55. The predicted octanol–water partition coefficient (Wildman–Crippen LogP) is 1.90. The minimum atomic E-state index is -4.02. The molecule has 0 aliphatic carbocycles. The average molecular weight is 333 g/mol. The lowest BCUT2D eigenvalue weighted by molar-refractivity contribution is 0.100. The van der Waals surface area contributed by atoms with Gasteiger partial charge in [-0.3, -0.25) is 9.35 Å². The number of carbonyl (C=O) groups excluding carboxylic acids is 1. The molecule has 0 spiro atoms. The Kier molecular flexibility index (Phi) is 4.77. The Hall–Kier alpha value is -2.71. The molecular formula is C15H15N3O4S. The Bertz CT molecular complexity index is 931. The number of carbonyl (C=O) groups is 1. The van der Waals surface area contributed by atoms with E-state index in [0.717, 1.165) is 11.1 Å². The number of aromatic nitrogens is 2. The largest absolute Gasteiger partial charge is 0.366 e. The minimum absolute atomic E-state index is 0.0666. The molecule has 1 amide bonds. The van der Waals surface area contributed by atoms with E-state index >= 15 is 0 Å². The molecule has 0 bridgehead atoms. The molecule has 1 heterocycles. The van der Waals surface area contributed by atoms with Crippen LogP contribution in [0.4, 0.5) is 0 Å². The summed E-state index contributed by atoms with van der Waals surface area (Å²) in [6.07, 6.45) is 1.54. The van der Waals surface area contributed by atoms with Crippen molar-refractivity contribution in [3.63, 3.8) is 0 Å². The van der Waals surface area contributed by atoms with E-state index in [1.807, 2.05) is 13.0 Å².